The normalized spacial score (nSPS) is 22.6. The molecule has 6 heteroatoms. The first-order valence-electron chi connectivity index (χ1n) is 5.99. The average Bonchev–Trinajstić information content (AvgIpc) is 2.90. The highest BCUT2D eigenvalue weighted by atomic mass is 32.2. The molecule has 0 aromatic carbocycles. The summed E-state index contributed by atoms with van der Waals surface area (Å²) in [7, 11) is -2.81. The summed E-state index contributed by atoms with van der Waals surface area (Å²) in [6, 6.07) is 5.99. The molecule has 0 amide bonds. The second-order valence-corrected chi connectivity index (χ2v) is 6.91. The highest BCUT2D eigenvalue weighted by molar-refractivity contribution is 7.91. The minimum atomic E-state index is -2.81. The summed E-state index contributed by atoms with van der Waals surface area (Å²) in [6.45, 7) is 0.660. The van der Waals surface area contributed by atoms with E-state index in [-0.39, 0.29) is 11.8 Å². The number of rotatable bonds is 3. The molecule has 1 atom stereocenters. The number of nitrogens with one attached hydrogen (secondary N) is 1. The van der Waals surface area contributed by atoms with E-state index in [1.165, 1.54) is 0 Å². The summed E-state index contributed by atoms with van der Waals surface area (Å²) >= 11 is 0. The van der Waals surface area contributed by atoms with Gasteiger partial charge in [-0.2, -0.15) is 5.10 Å². The molecule has 1 N–H and O–H groups in total. The van der Waals surface area contributed by atoms with Gasteiger partial charge in [0, 0.05) is 24.3 Å². The van der Waals surface area contributed by atoms with Gasteiger partial charge in [0.15, 0.2) is 9.84 Å². The number of sulfone groups is 1. The van der Waals surface area contributed by atoms with Gasteiger partial charge in [0.1, 0.15) is 0 Å². The lowest BCUT2D eigenvalue weighted by Crippen LogP contribution is -2.29. The monoisotopic (exact) mass is 265 g/mol. The zero-order chi connectivity index (χ0) is 12.6. The highest BCUT2D eigenvalue weighted by Gasteiger charge is 2.27. The third-order valence-electron chi connectivity index (χ3n) is 3.32. The molecule has 1 aliphatic heterocycles. The van der Waals surface area contributed by atoms with Crippen LogP contribution in [0.2, 0.25) is 0 Å². The first-order chi connectivity index (χ1) is 8.64. The minimum absolute atomic E-state index is 0.0775. The second-order valence-electron chi connectivity index (χ2n) is 4.68. The molecule has 2 aromatic rings. The Hall–Kier alpha value is -1.40. The molecule has 1 saturated heterocycles. The van der Waals surface area contributed by atoms with Crippen molar-refractivity contribution in [2.24, 2.45) is 0 Å². The Balaban J connectivity index is 1.71. The topological polar surface area (TPSA) is 63.5 Å². The van der Waals surface area contributed by atoms with Gasteiger partial charge in [-0.15, -0.1) is 0 Å². The molecule has 0 radical (unpaired) electrons. The molecule has 18 heavy (non-hydrogen) atoms. The Bertz CT molecular complexity index is 663. The van der Waals surface area contributed by atoms with Crippen LogP contribution in [0.25, 0.3) is 5.52 Å². The summed E-state index contributed by atoms with van der Waals surface area (Å²) in [5, 5.41) is 7.55. The van der Waals surface area contributed by atoms with E-state index in [1.807, 2.05) is 35.1 Å². The lowest BCUT2D eigenvalue weighted by molar-refractivity contribution is 0.555. The Labute approximate surface area is 106 Å². The van der Waals surface area contributed by atoms with Gasteiger partial charge < -0.3 is 5.32 Å². The first kappa shape index (κ1) is 11.7. The number of hydrogen-bond acceptors (Lipinski definition) is 4. The molecule has 0 bridgehead atoms. The van der Waals surface area contributed by atoms with E-state index in [2.05, 4.69) is 10.4 Å². The third kappa shape index (κ3) is 2.26. The fourth-order valence-electron chi connectivity index (χ4n) is 2.33. The van der Waals surface area contributed by atoms with Crippen molar-refractivity contribution < 1.29 is 8.42 Å². The van der Waals surface area contributed by atoms with Gasteiger partial charge in [-0.05, 0) is 18.6 Å². The number of hydrogen-bond donors (Lipinski definition) is 1. The van der Waals surface area contributed by atoms with E-state index >= 15 is 0 Å². The third-order valence-corrected chi connectivity index (χ3v) is 5.09. The van der Waals surface area contributed by atoms with Gasteiger partial charge in [-0.25, -0.2) is 12.9 Å². The van der Waals surface area contributed by atoms with Gasteiger partial charge in [0.05, 0.1) is 23.2 Å². The van der Waals surface area contributed by atoms with E-state index in [9.17, 15) is 8.42 Å². The maximum atomic E-state index is 11.4. The molecular formula is C12H15N3O2S. The minimum Gasteiger partial charge on any atom is -0.309 e. The summed E-state index contributed by atoms with van der Waals surface area (Å²) in [4.78, 5) is 0. The molecule has 1 fully saturated rings. The lowest BCUT2D eigenvalue weighted by atomic mass is 10.2. The van der Waals surface area contributed by atoms with Crippen LogP contribution in [0, 0.1) is 0 Å². The maximum absolute atomic E-state index is 11.4. The Morgan fingerprint density at radius 3 is 3.11 bits per heavy atom. The van der Waals surface area contributed by atoms with Crippen LogP contribution < -0.4 is 5.32 Å². The van der Waals surface area contributed by atoms with Gasteiger partial charge in [-0.1, -0.05) is 6.07 Å². The van der Waals surface area contributed by atoms with Crippen molar-refractivity contribution in [3.8, 4) is 0 Å². The molecule has 3 rings (SSSR count). The van der Waals surface area contributed by atoms with Crippen molar-refractivity contribution in [1.82, 2.24) is 14.9 Å². The molecule has 0 aliphatic carbocycles. The standard InChI is InChI=1S/C12H15N3O2S/c16-18(17)6-4-11(9-18)13-7-10-8-14-15-5-2-1-3-12(10)15/h1-3,5,8,11,13H,4,6-7,9H2. The number of nitrogens with zero attached hydrogens (tertiary/aromatic N) is 2. The molecular weight excluding hydrogens is 250 g/mol. The van der Waals surface area contributed by atoms with Crippen LogP contribution >= 0.6 is 0 Å². The van der Waals surface area contributed by atoms with Crippen LogP contribution in [-0.4, -0.2) is 35.6 Å². The highest BCUT2D eigenvalue weighted by Crippen LogP contribution is 2.14. The summed E-state index contributed by atoms with van der Waals surface area (Å²) < 4.78 is 24.5. The van der Waals surface area contributed by atoms with Crippen molar-refractivity contribution in [2.75, 3.05) is 11.5 Å². The van der Waals surface area contributed by atoms with Crippen LogP contribution in [0.15, 0.2) is 30.6 Å². The fraction of sp³-hybridized carbons (Fsp3) is 0.417. The van der Waals surface area contributed by atoms with Gasteiger partial charge in [-0.3, -0.25) is 0 Å². The van der Waals surface area contributed by atoms with Crippen LogP contribution in [0.3, 0.4) is 0 Å². The summed E-state index contributed by atoms with van der Waals surface area (Å²) in [6.07, 6.45) is 4.44. The lowest BCUT2D eigenvalue weighted by Gasteiger charge is -2.09. The number of fused-ring (bicyclic) bond motifs is 1. The van der Waals surface area contributed by atoms with Crippen LogP contribution in [-0.2, 0) is 16.4 Å². The second kappa shape index (κ2) is 4.37. The molecule has 2 aromatic heterocycles. The van der Waals surface area contributed by atoms with E-state index < -0.39 is 9.84 Å². The van der Waals surface area contributed by atoms with Crippen molar-refractivity contribution in [2.45, 2.75) is 19.0 Å². The molecule has 5 nitrogen and oxygen atoms in total. The average molecular weight is 265 g/mol. The molecule has 3 heterocycles. The van der Waals surface area contributed by atoms with E-state index in [1.54, 1.807) is 0 Å². The molecule has 0 saturated carbocycles. The van der Waals surface area contributed by atoms with E-state index in [4.69, 9.17) is 0 Å². The van der Waals surface area contributed by atoms with Crippen LogP contribution in [0.4, 0.5) is 0 Å². The maximum Gasteiger partial charge on any atom is 0.151 e. The van der Waals surface area contributed by atoms with E-state index in [0.717, 1.165) is 11.1 Å². The number of aromatic nitrogens is 2. The fourth-order valence-corrected chi connectivity index (χ4v) is 4.04. The summed E-state index contributed by atoms with van der Waals surface area (Å²) in [5.74, 6) is 0.561. The predicted molar refractivity (Wildman–Crippen MR) is 69.1 cm³/mol. The van der Waals surface area contributed by atoms with Crippen LogP contribution in [0.5, 0.6) is 0 Å². The van der Waals surface area contributed by atoms with Gasteiger partial charge in [0.2, 0.25) is 0 Å². The Morgan fingerprint density at radius 2 is 2.33 bits per heavy atom. The molecule has 96 valence electrons. The molecule has 1 unspecified atom stereocenters. The predicted octanol–water partition coefficient (Wildman–Crippen LogP) is 0.611. The quantitative estimate of drug-likeness (QED) is 0.883. The van der Waals surface area contributed by atoms with E-state index in [0.29, 0.717) is 18.7 Å². The van der Waals surface area contributed by atoms with Crippen LogP contribution in [0.1, 0.15) is 12.0 Å². The molecule has 0 spiro atoms. The van der Waals surface area contributed by atoms with Gasteiger partial charge in [0.25, 0.3) is 0 Å². The van der Waals surface area contributed by atoms with Gasteiger partial charge >= 0.3 is 0 Å². The Morgan fingerprint density at radius 1 is 1.44 bits per heavy atom. The Kier molecular flexibility index (Phi) is 2.83. The smallest absolute Gasteiger partial charge is 0.151 e. The van der Waals surface area contributed by atoms with Crippen molar-refractivity contribution in [1.29, 1.82) is 0 Å². The zero-order valence-electron chi connectivity index (χ0n) is 9.91. The van der Waals surface area contributed by atoms with Crippen molar-refractivity contribution in [3.05, 3.63) is 36.2 Å². The van der Waals surface area contributed by atoms with Crippen molar-refractivity contribution >= 4 is 15.4 Å². The first-order valence-corrected chi connectivity index (χ1v) is 7.81. The number of pyridine rings is 1. The molecule has 1 aliphatic rings. The SMILES string of the molecule is O=S1(=O)CCC(NCc2cnn3ccccc23)C1. The van der Waals surface area contributed by atoms with Crippen molar-refractivity contribution in [3.63, 3.8) is 0 Å². The largest absolute Gasteiger partial charge is 0.309 e. The summed E-state index contributed by atoms with van der Waals surface area (Å²) in [5.41, 5.74) is 2.16. The zero-order valence-corrected chi connectivity index (χ0v) is 10.7.